The normalized spacial score (nSPS) is 13.6. The van der Waals surface area contributed by atoms with Crippen LogP contribution in [0.3, 0.4) is 0 Å². The molecule has 0 fully saturated rings. The van der Waals surface area contributed by atoms with Gasteiger partial charge in [0.1, 0.15) is 8.07 Å². The summed E-state index contributed by atoms with van der Waals surface area (Å²) in [6.45, 7) is 2.56. The summed E-state index contributed by atoms with van der Waals surface area (Å²) in [5.74, 6) is 0. The summed E-state index contributed by atoms with van der Waals surface area (Å²) in [6.07, 6.45) is 0. The van der Waals surface area contributed by atoms with E-state index < -0.39 is 8.07 Å². The molecule has 0 saturated carbocycles. The van der Waals surface area contributed by atoms with Gasteiger partial charge in [-0.05, 0) is 72.5 Å². The van der Waals surface area contributed by atoms with Gasteiger partial charge in [-0.2, -0.15) is 0 Å². The van der Waals surface area contributed by atoms with Crippen molar-refractivity contribution in [2.75, 3.05) is 0 Å². The number of thiophene rings is 2. The quantitative estimate of drug-likeness (QED) is 0.199. The molecule has 2 aromatic heterocycles. The predicted octanol–water partition coefficient (Wildman–Crippen LogP) is 8.53. The lowest BCUT2D eigenvalue weighted by atomic mass is 10.1. The highest BCUT2D eigenvalue weighted by molar-refractivity contribution is 7.33. The minimum atomic E-state index is -2.11. The summed E-state index contributed by atoms with van der Waals surface area (Å²) < 4.78 is 0. The highest BCUT2D eigenvalue weighted by atomic mass is 32.1. The summed E-state index contributed by atoms with van der Waals surface area (Å²) in [5.41, 5.74) is 2.64. The standard InChI is InChI=1S/C35H24S2Si/c1-38(29-13-3-2-4-14-29)32-21-30(27-17-15-23-9-5-7-11-25(23)19-27)36-34(32)35-33(38)22-31(37-35)28-18-16-24-10-6-8-12-26(24)20-28/h2-22H,1H3. The van der Waals surface area contributed by atoms with Gasteiger partial charge >= 0.3 is 0 Å². The van der Waals surface area contributed by atoms with Crippen molar-refractivity contribution in [1.82, 2.24) is 0 Å². The van der Waals surface area contributed by atoms with E-state index in [9.17, 15) is 0 Å². The van der Waals surface area contributed by atoms with E-state index in [0.29, 0.717) is 0 Å². The van der Waals surface area contributed by atoms with Crippen LogP contribution >= 0.6 is 22.7 Å². The molecule has 0 nitrogen and oxygen atoms in total. The molecule has 1 aliphatic rings. The molecule has 3 heterocycles. The maximum Gasteiger partial charge on any atom is 0.149 e. The molecule has 0 atom stereocenters. The van der Waals surface area contributed by atoms with Crippen molar-refractivity contribution in [2.24, 2.45) is 0 Å². The van der Waals surface area contributed by atoms with Crippen molar-refractivity contribution in [1.29, 1.82) is 0 Å². The Morgan fingerprint density at radius 2 is 0.895 bits per heavy atom. The van der Waals surface area contributed by atoms with Gasteiger partial charge in [-0.15, -0.1) is 22.7 Å². The Balaban J connectivity index is 1.33. The van der Waals surface area contributed by atoms with E-state index in [1.54, 1.807) is 10.4 Å². The zero-order chi connectivity index (χ0) is 25.3. The third-order valence-corrected chi connectivity index (χ3v) is 15.5. The maximum atomic E-state index is 2.56. The summed E-state index contributed by atoms with van der Waals surface area (Å²) in [5, 5.41) is 9.83. The fraction of sp³-hybridized carbons (Fsp3) is 0.0286. The van der Waals surface area contributed by atoms with Gasteiger partial charge in [0.05, 0.1) is 0 Å². The van der Waals surface area contributed by atoms with E-state index in [-0.39, 0.29) is 0 Å². The Hall–Kier alpha value is -3.76. The topological polar surface area (TPSA) is 0 Å². The highest BCUT2D eigenvalue weighted by Gasteiger charge is 2.46. The first-order valence-electron chi connectivity index (χ1n) is 13.0. The molecule has 8 rings (SSSR count). The van der Waals surface area contributed by atoms with Crippen LogP contribution < -0.4 is 15.6 Å². The molecule has 0 saturated heterocycles. The molecule has 180 valence electrons. The van der Waals surface area contributed by atoms with Gasteiger partial charge in [0.15, 0.2) is 0 Å². The largest absolute Gasteiger partial charge is 0.149 e. The third-order valence-electron chi connectivity index (χ3n) is 8.17. The average molecular weight is 537 g/mol. The van der Waals surface area contributed by atoms with Crippen molar-refractivity contribution in [3.05, 3.63) is 127 Å². The molecule has 0 spiro atoms. The van der Waals surface area contributed by atoms with Gasteiger partial charge in [-0.3, -0.25) is 0 Å². The number of fused-ring (bicyclic) bond motifs is 5. The zero-order valence-electron chi connectivity index (χ0n) is 20.9. The van der Waals surface area contributed by atoms with Gasteiger partial charge in [0, 0.05) is 19.5 Å². The van der Waals surface area contributed by atoms with Gasteiger partial charge in [0.2, 0.25) is 0 Å². The lowest BCUT2D eigenvalue weighted by Gasteiger charge is -2.24. The lowest BCUT2D eigenvalue weighted by molar-refractivity contribution is 1.72. The second-order valence-electron chi connectivity index (χ2n) is 10.3. The number of rotatable bonds is 3. The van der Waals surface area contributed by atoms with E-state index in [1.807, 2.05) is 22.7 Å². The SMILES string of the molecule is C[Si]1(c2ccccc2)c2cc(-c3ccc4ccccc4c3)sc2-c2sc(-c3ccc4ccccc4c3)cc21. The predicted molar refractivity (Wildman–Crippen MR) is 170 cm³/mol. The Morgan fingerprint density at radius 1 is 0.447 bits per heavy atom. The van der Waals surface area contributed by atoms with Crippen LogP contribution in [0, 0.1) is 0 Å². The fourth-order valence-corrected chi connectivity index (χ4v) is 14.1. The van der Waals surface area contributed by atoms with E-state index in [4.69, 9.17) is 0 Å². The first-order valence-corrected chi connectivity index (χ1v) is 17.1. The van der Waals surface area contributed by atoms with Gasteiger partial charge in [0.25, 0.3) is 0 Å². The van der Waals surface area contributed by atoms with Crippen LogP contribution in [0.2, 0.25) is 6.55 Å². The maximum absolute atomic E-state index is 2.56. The zero-order valence-corrected chi connectivity index (χ0v) is 23.6. The van der Waals surface area contributed by atoms with Gasteiger partial charge in [-0.1, -0.05) is 110 Å². The molecule has 5 aromatic carbocycles. The second kappa shape index (κ2) is 8.37. The number of benzene rings is 5. The van der Waals surface area contributed by atoms with Crippen LogP contribution in [0.15, 0.2) is 127 Å². The summed E-state index contributed by atoms with van der Waals surface area (Å²) in [7, 11) is -2.11. The third kappa shape index (κ3) is 3.26. The monoisotopic (exact) mass is 536 g/mol. The first kappa shape index (κ1) is 22.2. The summed E-state index contributed by atoms with van der Waals surface area (Å²) in [6, 6.07) is 47.4. The van der Waals surface area contributed by atoms with Crippen molar-refractivity contribution in [2.45, 2.75) is 6.55 Å². The molecule has 1 aliphatic heterocycles. The Kier molecular flexibility index (Phi) is 4.90. The molecular formula is C35H24S2Si. The Bertz CT molecular complexity index is 1870. The first-order chi connectivity index (χ1) is 18.7. The van der Waals surface area contributed by atoms with E-state index in [2.05, 4.69) is 134 Å². The average Bonchev–Trinajstić information content (AvgIpc) is 3.67. The molecular weight excluding hydrogens is 513 g/mol. The number of hydrogen-bond acceptors (Lipinski definition) is 2. The van der Waals surface area contributed by atoms with Crippen LogP contribution in [-0.4, -0.2) is 8.07 Å². The smallest absolute Gasteiger partial charge is 0.134 e. The van der Waals surface area contributed by atoms with Crippen molar-refractivity contribution in [3.63, 3.8) is 0 Å². The number of hydrogen-bond donors (Lipinski definition) is 0. The summed E-state index contributed by atoms with van der Waals surface area (Å²) in [4.78, 5) is 5.72. The van der Waals surface area contributed by atoms with Crippen LogP contribution in [-0.2, 0) is 0 Å². The Labute approximate surface area is 231 Å². The molecule has 3 heteroatoms. The van der Waals surface area contributed by atoms with Crippen LogP contribution in [0.4, 0.5) is 0 Å². The molecule has 0 radical (unpaired) electrons. The van der Waals surface area contributed by atoms with Crippen molar-refractivity contribution >= 4 is 67.9 Å². The van der Waals surface area contributed by atoms with Crippen LogP contribution in [0.25, 0.3) is 52.2 Å². The van der Waals surface area contributed by atoms with E-state index in [1.165, 1.54) is 57.4 Å². The lowest BCUT2D eigenvalue weighted by Crippen LogP contribution is -2.61. The van der Waals surface area contributed by atoms with E-state index >= 15 is 0 Å². The molecule has 0 unspecified atom stereocenters. The fourth-order valence-electron chi connectivity index (χ4n) is 6.06. The van der Waals surface area contributed by atoms with Gasteiger partial charge < -0.3 is 0 Å². The minimum Gasteiger partial charge on any atom is -0.134 e. The van der Waals surface area contributed by atoms with Crippen molar-refractivity contribution in [3.8, 4) is 30.6 Å². The molecule has 0 aliphatic carbocycles. The van der Waals surface area contributed by atoms with E-state index in [0.717, 1.165) is 0 Å². The van der Waals surface area contributed by atoms with Crippen LogP contribution in [0.5, 0.6) is 0 Å². The molecule has 0 N–H and O–H groups in total. The second-order valence-corrected chi connectivity index (χ2v) is 16.3. The summed E-state index contributed by atoms with van der Waals surface area (Å²) >= 11 is 3.96. The molecule has 38 heavy (non-hydrogen) atoms. The molecule has 7 aromatic rings. The van der Waals surface area contributed by atoms with Crippen LogP contribution in [0.1, 0.15) is 0 Å². The van der Waals surface area contributed by atoms with Gasteiger partial charge in [-0.25, -0.2) is 0 Å². The highest BCUT2D eigenvalue weighted by Crippen LogP contribution is 2.44. The molecule has 0 bridgehead atoms. The van der Waals surface area contributed by atoms with Crippen molar-refractivity contribution < 1.29 is 0 Å². The Morgan fingerprint density at radius 3 is 1.39 bits per heavy atom. The minimum absolute atomic E-state index is 1.30. The molecule has 0 amide bonds.